The van der Waals surface area contributed by atoms with Crippen molar-refractivity contribution in [1.29, 1.82) is 0 Å². The van der Waals surface area contributed by atoms with Gasteiger partial charge in [-0.1, -0.05) is 39.0 Å². The molecular formula is C24H34N2O2. The number of hydrogen-bond donors (Lipinski definition) is 0. The van der Waals surface area contributed by atoms with Gasteiger partial charge in [0.2, 0.25) is 0 Å². The Balaban J connectivity index is 1.85. The number of benzene rings is 1. The van der Waals surface area contributed by atoms with Gasteiger partial charge in [0.1, 0.15) is 5.60 Å². The molecule has 0 aliphatic carbocycles. The van der Waals surface area contributed by atoms with Gasteiger partial charge in [0.05, 0.1) is 17.3 Å². The van der Waals surface area contributed by atoms with Gasteiger partial charge < -0.3 is 4.74 Å². The molecule has 0 spiro atoms. The normalized spacial score (nSPS) is 23.4. The van der Waals surface area contributed by atoms with Gasteiger partial charge in [0.15, 0.2) is 0 Å². The van der Waals surface area contributed by atoms with E-state index in [1.165, 1.54) is 23.1 Å². The molecule has 1 aromatic heterocycles. The number of para-hydroxylation sites is 1. The average molecular weight is 383 g/mol. The van der Waals surface area contributed by atoms with Crippen molar-refractivity contribution in [2.45, 2.75) is 72.4 Å². The predicted molar refractivity (Wildman–Crippen MR) is 114 cm³/mol. The van der Waals surface area contributed by atoms with Gasteiger partial charge in [-0.05, 0) is 69.5 Å². The monoisotopic (exact) mass is 382 g/mol. The molecule has 0 saturated carbocycles. The van der Waals surface area contributed by atoms with Gasteiger partial charge in [-0.25, -0.2) is 9.36 Å². The van der Waals surface area contributed by atoms with Crippen LogP contribution in [0.2, 0.25) is 0 Å². The van der Waals surface area contributed by atoms with Gasteiger partial charge in [-0.3, -0.25) is 4.90 Å². The summed E-state index contributed by atoms with van der Waals surface area (Å²) < 4.78 is 7.72. The summed E-state index contributed by atoms with van der Waals surface area (Å²) in [6.07, 6.45) is 3.10. The minimum atomic E-state index is -0.510. The van der Waals surface area contributed by atoms with E-state index < -0.39 is 5.60 Å². The summed E-state index contributed by atoms with van der Waals surface area (Å²) in [5.74, 6) is 0.657. The number of nitrogens with zero attached hydrogens (tertiary/aromatic N) is 2. The summed E-state index contributed by atoms with van der Waals surface area (Å²) in [7, 11) is 0. The summed E-state index contributed by atoms with van der Waals surface area (Å²) in [6, 6.07) is 8.61. The van der Waals surface area contributed by atoms with Gasteiger partial charge in [0.25, 0.3) is 0 Å². The Morgan fingerprint density at radius 1 is 1.07 bits per heavy atom. The maximum atomic E-state index is 13.3. The Kier molecular flexibility index (Phi) is 4.61. The highest BCUT2D eigenvalue weighted by atomic mass is 16.6. The van der Waals surface area contributed by atoms with Gasteiger partial charge in [0, 0.05) is 11.9 Å². The second kappa shape index (κ2) is 6.62. The highest BCUT2D eigenvalue weighted by Crippen LogP contribution is 2.47. The summed E-state index contributed by atoms with van der Waals surface area (Å²) in [5, 5.41) is 1.21. The number of aromatic nitrogens is 1. The van der Waals surface area contributed by atoms with Crippen LogP contribution in [0, 0.1) is 11.3 Å². The Bertz CT molecular complexity index is 898. The number of carbonyl (C=O) groups excluding carboxylic acids is 1. The second-order valence-corrected chi connectivity index (χ2v) is 10.6. The molecular weight excluding hydrogens is 348 g/mol. The fourth-order valence-corrected chi connectivity index (χ4v) is 5.05. The zero-order valence-corrected chi connectivity index (χ0v) is 18.2. The Morgan fingerprint density at radius 2 is 1.79 bits per heavy atom. The van der Waals surface area contributed by atoms with Gasteiger partial charge in [-0.2, -0.15) is 0 Å². The molecule has 4 nitrogen and oxygen atoms in total. The first-order chi connectivity index (χ1) is 13.1. The lowest BCUT2D eigenvalue weighted by Crippen LogP contribution is -2.45. The number of carbonyl (C=O) groups is 1. The van der Waals surface area contributed by atoms with E-state index in [1.807, 2.05) is 31.4 Å². The first kappa shape index (κ1) is 19.5. The summed E-state index contributed by atoms with van der Waals surface area (Å²) in [5.41, 5.74) is 3.28. The van der Waals surface area contributed by atoms with Crippen LogP contribution in [-0.2, 0) is 11.2 Å². The number of rotatable bonds is 0. The molecule has 4 rings (SSSR count). The third-order valence-electron chi connectivity index (χ3n) is 6.50. The van der Waals surface area contributed by atoms with Crippen molar-refractivity contribution in [3.8, 4) is 0 Å². The van der Waals surface area contributed by atoms with Gasteiger partial charge in [-0.15, -0.1) is 0 Å². The van der Waals surface area contributed by atoms with E-state index in [2.05, 4.69) is 43.9 Å². The lowest BCUT2D eigenvalue weighted by Gasteiger charge is -2.46. The maximum absolute atomic E-state index is 13.3. The van der Waals surface area contributed by atoms with Crippen LogP contribution in [0.5, 0.6) is 0 Å². The zero-order valence-electron chi connectivity index (χ0n) is 18.2. The topological polar surface area (TPSA) is 34.5 Å². The van der Waals surface area contributed by atoms with Crippen molar-refractivity contribution < 1.29 is 9.53 Å². The second-order valence-electron chi connectivity index (χ2n) is 10.6. The molecule has 0 N–H and O–H groups in total. The molecule has 2 aliphatic rings. The van der Waals surface area contributed by atoms with Crippen molar-refractivity contribution in [1.82, 2.24) is 9.47 Å². The fourth-order valence-electron chi connectivity index (χ4n) is 5.05. The molecule has 0 amide bonds. The molecule has 152 valence electrons. The maximum Gasteiger partial charge on any atom is 0.419 e. The molecule has 1 aromatic carbocycles. The van der Waals surface area contributed by atoms with Crippen LogP contribution in [0.3, 0.4) is 0 Å². The average Bonchev–Trinajstić information content (AvgIpc) is 2.94. The van der Waals surface area contributed by atoms with Crippen LogP contribution in [0.15, 0.2) is 24.3 Å². The minimum Gasteiger partial charge on any atom is -0.443 e. The van der Waals surface area contributed by atoms with Crippen LogP contribution in [0.4, 0.5) is 4.79 Å². The molecule has 2 aromatic rings. The molecule has 28 heavy (non-hydrogen) atoms. The number of hydrogen-bond acceptors (Lipinski definition) is 3. The lowest BCUT2D eigenvalue weighted by atomic mass is 9.72. The molecule has 2 atom stereocenters. The number of piperidine rings is 1. The smallest absolute Gasteiger partial charge is 0.419 e. The SMILES string of the molecule is CC(C)(C)OC(=O)n1c2c(c3ccccc31)CCN1CC[C@H](C(C)(C)C)C[C@@H]21. The molecule has 0 radical (unpaired) electrons. The standard InChI is InChI=1S/C24H34N2O2/c1-23(2,3)16-11-13-25-14-12-18-17-9-7-8-10-19(17)26(21(18)20(25)15-16)22(27)28-24(4,5)6/h7-10,16,20H,11-15H2,1-6H3/t16-,20-/m0/s1. The third-order valence-corrected chi connectivity index (χ3v) is 6.50. The molecule has 4 heteroatoms. The lowest BCUT2D eigenvalue weighted by molar-refractivity contribution is 0.0417. The molecule has 1 saturated heterocycles. The quantitative estimate of drug-likeness (QED) is 0.579. The Morgan fingerprint density at radius 3 is 2.46 bits per heavy atom. The highest BCUT2D eigenvalue weighted by molar-refractivity contribution is 5.94. The van der Waals surface area contributed by atoms with Crippen molar-refractivity contribution in [3.63, 3.8) is 0 Å². The number of fused-ring (bicyclic) bond motifs is 5. The van der Waals surface area contributed by atoms with E-state index in [1.54, 1.807) is 0 Å². The molecule has 2 aliphatic heterocycles. The van der Waals surface area contributed by atoms with Crippen molar-refractivity contribution >= 4 is 17.0 Å². The van der Waals surface area contributed by atoms with E-state index in [4.69, 9.17) is 4.74 Å². The largest absolute Gasteiger partial charge is 0.443 e. The fraction of sp³-hybridized carbons (Fsp3) is 0.625. The molecule has 1 fully saturated rings. The van der Waals surface area contributed by atoms with E-state index >= 15 is 0 Å². The predicted octanol–water partition coefficient (Wildman–Crippen LogP) is 5.78. The minimum absolute atomic E-state index is 0.246. The van der Waals surface area contributed by atoms with Crippen LogP contribution in [0.1, 0.15) is 71.7 Å². The summed E-state index contributed by atoms with van der Waals surface area (Å²) in [6.45, 7) is 15.0. The van der Waals surface area contributed by atoms with Crippen LogP contribution in [0.25, 0.3) is 10.9 Å². The first-order valence-electron chi connectivity index (χ1n) is 10.7. The van der Waals surface area contributed by atoms with Crippen molar-refractivity contribution in [2.24, 2.45) is 11.3 Å². The molecule has 3 heterocycles. The van der Waals surface area contributed by atoms with Crippen molar-refractivity contribution in [3.05, 3.63) is 35.5 Å². The Hall–Kier alpha value is -1.81. The van der Waals surface area contributed by atoms with Crippen molar-refractivity contribution in [2.75, 3.05) is 13.1 Å². The Labute approximate surface area is 168 Å². The summed E-state index contributed by atoms with van der Waals surface area (Å²) in [4.78, 5) is 15.9. The van der Waals surface area contributed by atoms with E-state index in [9.17, 15) is 4.79 Å². The first-order valence-corrected chi connectivity index (χ1v) is 10.7. The third kappa shape index (κ3) is 3.36. The molecule has 0 bridgehead atoms. The van der Waals surface area contributed by atoms with Crippen LogP contribution >= 0.6 is 0 Å². The van der Waals surface area contributed by atoms with E-state index in [0.717, 1.165) is 31.4 Å². The van der Waals surface area contributed by atoms with E-state index in [0.29, 0.717) is 12.0 Å². The van der Waals surface area contributed by atoms with E-state index in [-0.39, 0.29) is 11.5 Å². The van der Waals surface area contributed by atoms with Gasteiger partial charge >= 0.3 is 6.09 Å². The zero-order chi connectivity index (χ0) is 20.3. The van der Waals surface area contributed by atoms with Crippen LogP contribution < -0.4 is 0 Å². The molecule has 0 unspecified atom stereocenters. The number of ether oxygens (including phenoxy) is 1. The highest BCUT2D eigenvalue weighted by Gasteiger charge is 2.41. The van der Waals surface area contributed by atoms with Crippen LogP contribution in [-0.4, -0.2) is 34.3 Å². The summed E-state index contributed by atoms with van der Waals surface area (Å²) >= 11 is 0.